The molecule has 176 valence electrons. The van der Waals surface area contributed by atoms with Crippen LogP contribution in [-0.2, 0) is 12.0 Å². The minimum absolute atomic E-state index is 0.0349. The molecule has 0 atom stereocenters. The molecule has 1 aliphatic heterocycles. The zero-order valence-electron chi connectivity index (χ0n) is 20.3. The fourth-order valence-corrected chi connectivity index (χ4v) is 3.86. The average Bonchev–Trinajstić information content (AvgIpc) is 3.28. The number of allylic oxidation sites excluding steroid dienone is 1. The number of aryl methyl sites for hydroxylation is 1. The standard InChI is InChI=1S/C29H30O5/c1-19-6-10-23(29(2,3)4)27(14-19)32-17-22-15-20(8-12-25(22)31-5)7-11-24(30)21-9-13-26-28(16-21)34-18-33-26/h6-16H,17-18H2,1-5H3/b11-7+. The highest BCUT2D eigenvalue weighted by atomic mass is 16.7. The maximum Gasteiger partial charge on any atom is 0.231 e. The van der Waals surface area contributed by atoms with Crippen molar-refractivity contribution in [3.8, 4) is 23.0 Å². The first kappa shape index (κ1) is 23.4. The molecule has 0 fully saturated rings. The zero-order chi connectivity index (χ0) is 24.3. The number of benzene rings is 3. The molecule has 3 aromatic rings. The number of ketones is 1. The molecule has 0 unspecified atom stereocenters. The molecule has 0 saturated heterocycles. The van der Waals surface area contributed by atoms with E-state index >= 15 is 0 Å². The second-order valence-electron chi connectivity index (χ2n) is 9.38. The van der Waals surface area contributed by atoms with Crippen LogP contribution in [0.5, 0.6) is 23.0 Å². The maximum atomic E-state index is 12.7. The van der Waals surface area contributed by atoms with E-state index in [9.17, 15) is 4.79 Å². The fraction of sp³-hybridized carbons (Fsp3) is 0.276. The fourth-order valence-electron chi connectivity index (χ4n) is 3.86. The van der Waals surface area contributed by atoms with E-state index in [2.05, 4.69) is 45.9 Å². The van der Waals surface area contributed by atoms with Crippen LogP contribution in [0.3, 0.4) is 0 Å². The van der Waals surface area contributed by atoms with Crippen LogP contribution in [0.25, 0.3) is 6.08 Å². The third-order valence-corrected chi connectivity index (χ3v) is 5.72. The summed E-state index contributed by atoms with van der Waals surface area (Å²) in [6.07, 6.45) is 3.35. The van der Waals surface area contributed by atoms with Crippen LogP contribution in [0.1, 0.15) is 53.4 Å². The highest BCUT2D eigenvalue weighted by Crippen LogP contribution is 2.34. The summed E-state index contributed by atoms with van der Waals surface area (Å²) < 4.78 is 22.5. The molecular weight excluding hydrogens is 428 g/mol. The van der Waals surface area contributed by atoms with Crippen LogP contribution in [0.2, 0.25) is 0 Å². The van der Waals surface area contributed by atoms with Gasteiger partial charge in [0.05, 0.1) is 7.11 Å². The van der Waals surface area contributed by atoms with Gasteiger partial charge in [-0.2, -0.15) is 0 Å². The Labute approximate surface area is 200 Å². The van der Waals surface area contributed by atoms with E-state index < -0.39 is 0 Å². The Balaban J connectivity index is 1.52. The number of carbonyl (C=O) groups excluding carboxylic acids is 1. The van der Waals surface area contributed by atoms with Crippen molar-refractivity contribution in [2.75, 3.05) is 13.9 Å². The molecular formula is C29H30O5. The molecule has 5 heteroatoms. The molecule has 0 aliphatic carbocycles. The average molecular weight is 459 g/mol. The van der Waals surface area contributed by atoms with Crippen molar-refractivity contribution in [1.82, 2.24) is 0 Å². The summed E-state index contributed by atoms with van der Waals surface area (Å²) in [6.45, 7) is 9.12. The number of ether oxygens (including phenoxy) is 4. The van der Waals surface area contributed by atoms with E-state index in [1.165, 1.54) is 0 Å². The summed E-state index contributed by atoms with van der Waals surface area (Å²) in [5.74, 6) is 2.75. The Hall–Kier alpha value is -3.73. The SMILES string of the molecule is COc1ccc(/C=C/C(=O)c2ccc3c(c2)OCO3)cc1COc1cc(C)ccc1C(C)(C)C. The molecule has 0 radical (unpaired) electrons. The normalized spacial score (nSPS) is 12.7. The Morgan fingerprint density at radius 3 is 2.53 bits per heavy atom. The van der Waals surface area contributed by atoms with Crippen LogP contribution < -0.4 is 18.9 Å². The van der Waals surface area contributed by atoms with E-state index in [1.807, 2.05) is 18.2 Å². The van der Waals surface area contributed by atoms with Crippen molar-refractivity contribution < 1.29 is 23.7 Å². The molecule has 0 aromatic heterocycles. The molecule has 0 saturated carbocycles. The third kappa shape index (κ3) is 5.25. The molecule has 0 spiro atoms. The highest BCUT2D eigenvalue weighted by Gasteiger charge is 2.19. The Kier molecular flexibility index (Phi) is 6.64. The van der Waals surface area contributed by atoms with E-state index in [0.717, 1.165) is 33.8 Å². The number of hydrogen-bond acceptors (Lipinski definition) is 5. The number of methoxy groups -OCH3 is 1. The van der Waals surface area contributed by atoms with Gasteiger partial charge in [-0.15, -0.1) is 0 Å². The molecule has 0 N–H and O–H groups in total. The number of rotatable bonds is 7. The summed E-state index contributed by atoms with van der Waals surface area (Å²) in [5, 5.41) is 0. The van der Waals surface area contributed by atoms with E-state index in [-0.39, 0.29) is 18.0 Å². The minimum Gasteiger partial charge on any atom is -0.496 e. The number of fused-ring (bicyclic) bond motifs is 1. The monoisotopic (exact) mass is 458 g/mol. The molecule has 1 heterocycles. The van der Waals surface area contributed by atoms with Gasteiger partial charge in [0.15, 0.2) is 17.3 Å². The number of carbonyl (C=O) groups is 1. The van der Waals surface area contributed by atoms with Crippen LogP contribution in [0.15, 0.2) is 60.7 Å². The summed E-state index contributed by atoms with van der Waals surface area (Å²) >= 11 is 0. The van der Waals surface area contributed by atoms with Crippen LogP contribution in [-0.4, -0.2) is 19.7 Å². The maximum absolute atomic E-state index is 12.7. The van der Waals surface area contributed by atoms with E-state index in [4.69, 9.17) is 18.9 Å². The minimum atomic E-state index is -0.110. The molecule has 5 nitrogen and oxygen atoms in total. The molecule has 0 bridgehead atoms. The molecule has 1 aliphatic rings. The van der Waals surface area contributed by atoms with Crippen molar-refractivity contribution in [2.24, 2.45) is 0 Å². The van der Waals surface area contributed by atoms with Gasteiger partial charge in [-0.3, -0.25) is 4.79 Å². The predicted octanol–water partition coefficient (Wildman–Crippen LogP) is 6.50. The predicted molar refractivity (Wildman–Crippen MR) is 133 cm³/mol. The molecule has 0 amide bonds. The topological polar surface area (TPSA) is 54.0 Å². The Morgan fingerprint density at radius 1 is 0.971 bits per heavy atom. The van der Waals surface area contributed by atoms with E-state index in [1.54, 1.807) is 37.5 Å². The van der Waals surface area contributed by atoms with Gasteiger partial charge in [0.2, 0.25) is 6.79 Å². The third-order valence-electron chi connectivity index (χ3n) is 5.72. The first-order chi connectivity index (χ1) is 16.2. The first-order valence-corrected chi connectivity index (χ1v) is 11.3. The van der Waals surface area contributed by atoms with Gasteiger partial charge in [0.1, 0.15) is 18.1 Å². The van der Waals surface area contributed by atoms with Crippen molar-refractivity contribution in [3.63, 3.8) is 0 Å². The van der Waals surface area contributed by atoms with E-state index in [0.29, 0.717) is 23.7 Å². The second kappa shape index (κ2) is 9.64. The van der Waals surface area contributed by atoms with Gasteiger partial charge in [0, 0.05) is 11.1 Å². The smallest absolute Gasteiger partial charge is 0.231 e. The van der Waals surface area contributed by atoms with Crippen molar-refractivity contribution in [2.45, 2.75) is 39.7 Å². The van der Waals surface area contributed by atoms with Gasteiger partial charge in [-0.1, -0.05) is 45.0 Å². The van der Waals surface area contributed by atoms with Gasteiger partial charge >= 0.3 is 0 Å². The van der Waals surface area contributed by atoms with Crippen molar-refractivity contribution in [1.29, 1.82) is 0 Å². The summed E-state index contributed by atoms with van der Waals surface area (Å²) in [4.78, 5) is 12.7. The van der Waals surface area contributed by atoms with Crippen LogP contribution in [0.4, 0.5) is 0 Å². The van der Waals surface area contributed by atoms with Gasteiger partial charge < -0.3 is 18.9 Å². The van der Waals surface area contributed by atoms with Crippen molar-refractivity contribution >= 4 is 11.9 Å². The lowest BCUT2D eigenvalue weighted by Crippen LogP contribution is -2.13. The zero-order valence-corrected chi connectivity index (χ0v) is 20.3. The van der Waals surface area contributed by atoms with Gasteiger partial charge in [-0.05, 0) is 71.5 Å². The largest absolute Gasteiger partial charge is 0.496 e. The molecule has 4 rings (SSSR count). The second-order valence-corrected chi connectivity index (χ2v) is 9.38. The summed E-state index contributed by atoms with van der Waals surface area (Å²) in [5.41, 5.74) is 4.60. The lowest BCUT2D eigenvalue weighted by Gasteiger charge is -2.23. The molecule has 34 heavy (non-hydrogen) atoms. The summed E-state index contributed by atoms with van der Waals surface area (Å²) in [6, 6.07) is 17.3. The lowest BCUT2D eigenvalue weighted by molar-refractivity contribution is 0.104. The Morgan fingerprint density at radius 2 is 1.76 bits per heavy atom. The first-order valence-electron chi connectivity index (χ1n) is 11.3. The van der Waals surface area contributed by atoms with Gasteiger partial charge in [-0.25, -0.2) is 0 Å². The lowest BCUT2D eigenvalue weighted by atomic mass is 9.86. The Bertz CT molecular complexity index is 1230. The van der Waals surface area contributed by atoms with Gasteiger partial charge in [0.25, 0.3) is 0 Å². The quantitative estimate of drug-likeness (QED) is 0.299. The summed E-state index contributed by atoms with van der Waals surface area (Å²) in [7, 11) is 1.64. The van der Waals surface area contributed by atoms with Crippen LogP contribution >= 0.6 is 0 Å². The number of hydrogen-bond donors (Lipinski definition) is 0. The molecule has 3 aromatic carbocycles. The van der Waals surface area contributed by atoms with Crippen LogP contribution in [0, 0.1) is 6.92 Å². The highest BCUT2D eigenvalue weighted by molar-refractivity contribution is 6.07. The van der Waals surface area contributed by atoms with Crippen molar-refractivity contribution in [3.05, 3.63) is 88.5 Å².